The maximum absolute atomic E-state index is 14.1. The molecule has 0 radical (unpaired) electrons. The molecule has 0 bridgehead atoms. The average molecular weight is 702 g/mol. The van der Waals surface area contributed by atoms with Crippen LogP contribution in [0.1, 0.15) is 24.3 Å². The lowest BCUT2D eigenvalue weighted by Gasteiger charge is -2.30. The number of sulfonamides is 1. The largest absolute Gasteiger partial charge is 0.444 e. The zero-order valence-corrected chi connectivity index (χ0v) is 29.1. The van der Waals surface area contributed by atoms with E-state index >= 15 is 0 Å². The smallest absolute Gasteiger partial charge is 0.407 e. The molecule has 0 aliphatic carbocycles. The fourth-order valence-electron chi connectivity index (χ4n) is 5.35. The van der Waals surface area contributed by atoms with Gasteiger partial charge in [-0.05, 0) is 36.1 Å². The number of carbonyl (C=O) groups is 1. The van der Waals surface area contributed by atoms with Crippen LogP contribution in [0.25, 0.3) is 10.2 Å². The molecule has 15 heteroatoms. The van der Waals surface area contributed by atoms with Gasteiger partial charge in [0.2, 0.25) is 10.0 Å². The van der Waals surface area contributed by atoms with Crippen molar-refractivity contribution in [1.29, 1.82) is 0 Å². The average Bonchev–Trinajstić information content (AvgIpc) is 3.73. The van der Waals surface area contributed by atoms with Crippen LogP contribution in [0.4, 0.5) is 9.93 Å². The van der Waals surface area contributed by atoms with Crippen molar-refractivity contribution in [2.24, 2.45) is 5.92 Å². The second-order valence-electron chi connectivity index (χ2n) is 11.9. The molecule has 3 heterocycles. The highest BCUT2D eigenvalue weighted by atomic mass is 32.2. The standard InChI is InChI=1S/C32H43N7O5S3/c1-23(2)19-39(20-29(40)28(16-24-6-4-3-5-7-24)37-32(41)44-21-25-18-34-22-45-25)47(42,43)26-8-9-27-30(17-26)46-31(36-27)35-12-15-38-13-10-33-11-14-38/h3-9,17-18,22-23,28-29,33,40H,10-16,19-21H2,1-2H3,(H,35,36)(H,37,41)/t28-,29+/m0/s1. The minimum absolute atomic E-state index is 0.0134. The summed E-state index contributed by atoms with van der Waals surface area (Å²) in [6.45, 7) is 9.56. The molecule has 1 aliphatic heterocycles. The van der Waals surface area contributed by atoms with E-state index in [0.29, 0.717) is 0 Å². The molecule has 2 atom stereocenters. The first-order valence-corrected chi connectivity index (χ1v) is 18.9. The molecule has 2 aromatic carbocycles. The number of anilines is 1. The van der Waals surface area contributed by atoms with Gasteiger partial charge in [-0.2, -0.15) is 4.31 Å². The Kier molecular flexibility index (Phi) is 12.5. The number of rotatable bonds is 16. The predicted octanol–water partition coefficient (Wildman–Crippen LogP) is 3.62. The molecule has 0 saturated carbocycles. The number of hydrogen-bond acceptors (Lipinski definition) is 12. The van der Waals surface area contributed by atoms with Crippen molar-refractivity contribution in [2.45, 2.75) is 43.9 Å². The molecule has 4 aromatic rings. The van der Waals surface area contributed by atoms with Gasteiger partial charge in [-0.15, -0.1) is 11.3 Å². The monoisotopic (exact) mass is 701 g/mol. The van der Waals surface area contributed by atoms with Gasteiger partial charge in [0.1, 0.15) is 6.61 Å². The van der Waals surface area contributed by atoms with Crippen molar-refractivity contribution in [3.8, 4) is 0 Å². The maximum Gasteiger partial charge on any atom is 0.407 e. The molecule has 254 valence electrons. The van der Waals surface area contributed by atoms with E-state index in [0.717, 1.165) is 65.1 Å². The number of nitrogens with one attached hydrogen (secondary N) is 3. The molecular weight excluding hydrogens is 659 g/mol. The van der Waals surface area contributed by atoms with Crippen LogP contribution in [0.5, 0.6) is 0 Å². The summed E-state index contributed by atoms with van der Waals surface area (Å²) in [7, 11) is -4.01. The Hall–Kier alpha value is -3.18. The molecule has 1 fully saturated rings. The van der Waals surface area contributed by atoms with E-state index in [9.17, 15) is 18.3 Å². The van der Waals surface area contributed by atoms with Crippen molar-refractivity contribution < 1.29 is 23.1 Å². The molecular formula is C32H43N7O5S3. The van der Waals surface area contributed by atoms with Crippen molar-refractivity contribution in [3.63, 3.8) is 0 Å². The number of aliphatic hydroxyl groups is 1. The highest BCUT2D eigenvalue weighted by Crippen LogP contribution is 2.30. The normalized spacial score (nSPS) is 15.6. The second-order valence-corrected chi connectivity index (χ2v) is 15.9. The van der Waals surface area contributed by atoms with Gasteiger partial charge >= 0.3 is 6.09 Å². The van der Waals surface area contributed by atoms with Crippen LogP contribution in [0, 0.1) is 5.92 Å². The van der Waals surface area contributed by atoms with E-state index in [-0.39, 0.29) is 36.9 Å². The van der Waals surface area contributed by atoms with Gasteiger partial charge in [0.25, 0.3) is 0 Å². The first-order valence-electron chi connectivity index (χ1n) is 15.8. The summed E-state index contributed by atoms with van der Waals surface area (Å²) in [6, 6.07) is 13.6. The fraction of sp³-hybridized carbons (Fsp3) is 0.469. The van der Waals surface area contributed by atoms with E-state index in [4.69, 9.17) is 4.74 Å². The number of ether oxygens (including phenoxy) is 1. The van der Waals surface area contributed by atoms with Crippen LogP contribution in [0.2, 0.25) is 0 Å². The quantitative estimate of drug-likeness (QED) is 0.137. The summed E-state index contributed by atoms with van der Waals surface area (Å²) in [5, 5.41) is 21.8. The number of amides is 1. The highest BCUT2D eigenvalue weighted by molar-refractivity contribution is 7.89. The van der Waals surface area contributed by atoms with Gasteiger partial charge < -0.3 is 25.8 Å². The van der Waals surface area contributed by atoms with Gasteiger partial charge in [-0.3, -0.25) is 9.88 Å². The van der Waals surface area contributed by atoms with E-state index in [1.165, 1.54) is 27.0 Å². The number of benzene rings is 2. The SMILES string of the molecule is CC(C)CN(C[C@@H](O)[C@H](Cc1ccccc1)NC(=O)OCc1cncs1)S(=O)(=O)c1ccc2nc(NCCN3CCNCC3)sc2c1. The lowest BCUT2D eigenvalue weighted by atomic mass is 10.0. The number of thiazole rings is 2. The Morgan fingerprint density at radius 1 is 1.15 bits per heavy atom. The molecule has 12 nitrogen and oxygen atoms in total. The minimum Gasteiger partial charge on any atom is -0.444 e. The van der Waals surface area contributed by atoms with Crippen molar-refractivity contribution in [1.82, 2.24) is 29.8 Å². The first-order chi connectivity index (χ1) is 22.7. The zero-order valence-electron chi connectivity index (χ0n) is 26.7. The summed E-state index contributed by atoms with van der Waals surface area (Å²) >= 11 is 2.79. The first kappa shape index (κ1) is 35.1. The topological polar surface area (TPSA) is 149 Å². The second kappa shape index (κ2) is 16.8. The number of aromatic nitrogens is 2. The molecule has 4 N–H and O–H groups in total. The lowest BCUT2D eigenvalue weighted by molar-refractivity contribution is 0.0876. The van der Waals surface area contributed by atoms with Gasteiger partial charge in [0.15, 0.2) is 5.13 Å². The molecule has 2 aromatic heterocycles. The van der Waals surface area contributed by atoms with E-state index in [1.807, 2.05) is 44.2 Å². The van der Waals surface area contributed by atoms with Crippen molar-refractivity contribution in [3.05, 3.63) is 70.7 Å². The van der Waals surface area contributed by atoms with Crippen LogP contribution in [0.15, 0.2) is 65.1 Å². The van der Waals surface area contributed by atoms with Crippen LogP contribution < -0.4 is 16.0 Å². The third kappa shape index (κ3) is 10.2. The van der Waals surface area contributed by atoms with Crippen LogP contribution >= 0.6 is 22.7 Å². The molecule has 5 rings (SSSR count). The number of fused-ring (bicyclic) bond motifs is 1. The molecule has 1 aliphatic rings. The Morgan fingerprint density at radius 3 is 2.66 bits per heavy atom. The Labute approximate surface area is 284 Å². The summed E-state index contributed by atoms with van der Waals surface area (Å²) < 4.78 is 35.6. The summed E-state index contributed by atoms with van der Waals surface area (Å²) in [5.41, 5.74) is 3.25. The van der Waals surface area contributed by atoms with Crippen molar-refractivity contribution >= 4 is 54.1 Å². The minimum atomic E-state index is -4.01. The summed E-state index contributed by atoms with van der Waals surface area (Å²) in [4.78, 5) is 24.7. The van der Waals surface area contributed by atoms with E-state index in [2.05, 4.69) is 30.8 Å². The Bertz CT molecular complexity index is 1660. The number of carbonyl (C=O) groups excluding carboxylic acids is 1. The lowest BCUT2D eigenvalue weighted by Crippen LogP contribution is -2.51. The van der Waals surface area contributed by atoms with Crippen LogP contribution in [-0.4, -0.2) is 103 Å². The Morgan fingerprint density at radius 2 is 1.94 bits per heavy atom. The third-order valence-corrected chi connectivity index (χ3v) is 11.3. The van der Waals surface area contributed by atoms with Crippen LogP contribution in [0.3, 0.4) is 0 Å². The summed E-state index contributed by atoms with van der Waals surface area (Å²) in [5.74, 6) is -0.0134. The zero-order chi connectivity index (χ0) is 33.2. The predicted molar refractivity (Wildman–Crippen MR) is 186 cm³/mol. The summed E-state index contributed by atoms with van der Waals surface area (Å²) in [6.07, 6.45) is -0.0222. The van der Waals surface area contributed by atoms with Gasteiger partial charge in [0, 0.05) is 58.6 Å². The fourth-order valence-corrected chi connectivity index (χ4v) is 8.51. The Balaban J connectivity index is 1.29. The van der Waals surface area contributed by atoms with Gasteiger partial charge in [0.05, 0.1) is 37.6 Å². The molecule has 0 unspecified atom stereocenters. The molecule has 0 spiro atoms. The van der Waals surface area contributed by atoms with E-state index < -0.39 is 28.3 Å². The van der Waals surface area contributed by atoms with Gasteiger partial charge in [-0.25, -0.2) is 18.2 Å². The molecule has 1 amide bonds. The molecule has 1 saturated heterocycles. The van der Waals surface area contributed by atoms with E-state index in [1.54, 1.807) is 29.9 Å². The number of nitrogens with zero attached hydrogens (tertiary/aromatic N) is 4. The van der Waals surface area contributed by atoms with Crippen LogP contribution in [-0.2, 0) is 27.8 Å². The highest BCUT2D eigenvalue weighted by Gasteiger charge is 2.32. The van der Waals surface area contributed by atoms with Crippen molar-refractivity contribution in [2.75, 3.05) is 57.7 Å². The number of aliphatic hydroxyl groups excluding tert-OH is 1. The molecule has 47 heavy (non-hydrogen) atoms. The number of piperazine rings is 1. The maximum atomic E-state index is 14.1. The van der Waals surface area contributed by atoms with Gasteiger partial charge in [-0.1, -0.05) is 55.5 Å². The number of alkyl carbamates (subject to hydrolysis) is 1. The number of hydrogen-bond donors (Lipinski definition) is 4. The third-order valence-electron chi connectivity index (χ3n) is 7.77.